The van der Waals surface area contributed by atoms with Gasteiger partial charge in [0.2, 0.25) is 5.91 Å². The lowest BCUT2D eigenvalue weighted by Crippen LogP contribution is -2.52. The summed E-state index contributed by atoms with van der Waals surface area (Å²) in [6, 6.07) is 5.15. The van der Waals surface area contributed by atoms with Crippen molar-refractivity contribution in [2.75, 3.05) is 18.4 Å². The Morgan fingerprint density at radius 1 is 1.19 bits per heavy atom. The number of carbonyl (C=O) groups excluding carboxylic acids is 1. The average Bonchev–Trinajstić information content (AvgIpc) is 3.39. The summed E-state index contributed by atoms with van der Waals surface area (Å²) in [7, 11) is 0. The summed E-state index contributed by atoms with van der Waals surface area (Å²) in [5.74, 6) is -4.84. The van der Waals surface area contributed by atoms with Gasteiger partial charge in [-0.05, 0) is 36.6 Å². The number of fused-ring (bicyclic) bond motifs is 1. The monoisotopic (exact) mass is 503 g/mol. The van der Waals surface area contributed by atoms with E-state index in [4.69, 9.17) is 0 Å². The number of aryl methyl sites for hydroxylation is 1. The van der Waals surface area contributed by atoms with Crippen molar-refractivity contribution in [2.45, 2.75) is 50.1 Å². The highest BCUT2D eigenvalue weighted by Crippen LogP contribution is 2.40. The van der Waals surface area contributed by atoms with Gasteiger partial charge >= 0.3 is 0 Å². The van der Waals surface area contributed by atoms with Crippen LogP contribution in [0.3, 0.4) is 0 Å². The lowest BCUT2D eigenvalue weighted by atomic mass is 9.87. The van der Waals surface area contributed by atoms with Crippen LogP contribution in [0.1, 0.15) is 48.7 Å². The number of amides is 1. The van der Waals surface area contributed by atoms with Crippen LogP contribution in [0.4, 0.5) is 23.4 Å². The van der Waals surface area contributed by atoms with E-state index in [-0.39, 0.29) is 19.1 Å². The normalized spacial score (nSPS) is 22.2. The maximum absolute atomic E-state index is 14.7. The lowest BCUT2D eigenvalue weighted by molar-refractivity contribution is -0.605. The fraction of sp³-hybridized carbons (Fsp3) is 0.400. The molecule has 36 heavy (non-hydrogen) atoms. The highest BCUT2D eigenvalue weighted by atomic mass is 19.3. The number of benzene rings is 1. The molecule has 0 radical (unpaired) electrons. The number of anilines is 1. The minimum Gasteiger partial charge on any atom is -0.619 e. The van der Waals surface area contributed by atoms with Crippen molar-refractivity contribution in [3.63, 3.8) is 0 Å². The number of halogens is 4. The molecule has 1 saturated heterocycles. The summed E-state index contributed by atoms with van der Waals surface area (Å²) in [5, 5.41) is 14.1. The van der Waals surface area contributed by atoms with Gasteiger partial charge in [0.15, 0.2) is 18.2 Å². The van der Waals surface area contributed by atoms with Crippen molar-refractivity contribution < 1.29 is 27.1 Å². The third-order valence-electron chi connectivity index (χ3n) is 7.12. The molecule has 2 aliphatic heterocycles. The largest absolute Gasteiger partial charge is 0.619 e. The second-order valence-corrected chi connectivity index (χ2v) is 9.42. The molecule has 0 bridgehead atoms. The third-order valence-corrected chi connectivity index (χ3v) is 7.12. The highest BCUT2D eigenvalue weighted by Gasteiger charge is 2.46. The Morgan fingerprint density at radius 2 is 1.89 bits per heavy atom. The molecule has 0 spiro atoms. The molecule has 2 aromatic heterocycles. The van der Waals surface area contributed by atoms with Crippen molar-refractivity contribution in [3.8, 4) is 0 Å². The van der Waals surface area contributed by atoms with Crippen molar-refractivity contribution in [3.05, 3.63) is 82.7 Å². The molecule has 3 atom stereocenters. The maximum Gasteiger partial charge on any atom is 0.257 e. The SMILES string of the molecule is CC(C(=O)Nc1cn2c(n1)CCC2c1cc(F)cc(F)c1)N1CCC(F)(F)[C@@H](c2cc[n+]([O-])cc2)C1. The number of piperidine rings is 1. The van der Waals surface area contributed by atoms with Crippen LogP contribution in [0.25, 0.3) is 0 Å². The molecular weight excluding hydrogens is 478 g/mol. The van der Waals surface area contributed by atoms with Crippen LogP contribution in [-0.4, -0.2) is 45.4 Å². The molecule has 0 aliphatic carbocycles. The number of hydrogen-bond donors (Lipinski definition) is 1. The number of hydrogen-bond acceptors (Lipinski definition) is 4. The first-order valence-corrected chi connectivity index (χ1v) is 11.8. The number of carbonyl (C=O) groups is 1. The number of pyridine rings is 1. The standard InChI is InChI=1S/C25H25F4N5O2/c1-15(32-9-6-25(28,29)20(13-32)16-4-7-33(36)8-5-16)24(35)31-22-14-34-21(2-3-23(34)30-22)17-10-18(26)12-19(27)11-17/h4-5,7-8,10-12,14-15,20-21H,2-3,6,9,13H2,1H3,(H,31,35)/t15?,20-,21?/m1/s1. The zero-order chi connectivity index (χ0) is 25.6. The van der Waals surface area contributed by atoms with Crippen molar-refractivity contribution in [1.82, 2.24) is 14.5 Å². The number of nitrogens with zero attached hydrogens (tertiary/aromatic N) is 4. The van der Waals surface area contributed by atoms with Crippen LogP contribution >= 0.6 is 0 Å². The summed E-state index contributed by atoms with van der Waals surface area (Å²) in [5.41, 5.74) is 0.827. The number of aromatic nitrogens is 3. The predicted octanol–water partition coefficient (Wildman–Crippen LogP) is 3.78. The van der Waals surface area contributed by atoms with Gasteiger partial charge in [0.25, 0.3) is 5.92 Å². The molecule has 1 N–H and O–H groups in total. The van der Waals surface area contributed by atoms with E-state index < -0.39 is 41.8 Å². The molecule has 3 aromatic rings. The second kappa shape index (κ2) is 9.20. The van der Waals surface area contributed by atoms with E-state index in [1.54, 1.807) is 22.6 Å². The number of alkyl halides is 2. The van der Waals surface area contributed by atoms with Gasteiger partial charge in [0, 0.05) is 50.3 Å². The lowest BCUT2D eigenvalue weighted by Gasteiger charge is -2.40. The van der Waals surface area contributed by atoms with Gasteiger partial charge in [-0.2, -0.15) is 4.73 Å². The first-order chi connectivity index (χ1) is 17.1. The van der Waals surface area contributed by atoms with E-state index in [2.05, 4.69) is 10.3 Å². The number of imidazole rings is 1. The van der Waals surface area contributed by atoms with Crippen LogP contribution in [0.15, 0.2) is 48.9 Å². The molecule has 0 saturated carbocycles. The Kier molecular flexibility index (Phi) is 6.19. The molecule has 2 aliphatic rings. The van der Waals surface area contributed by atoms with E-state index in [0.717, 1.165) is 6.07 Å². The molecule has 11 heteroatoms. The first kappa shape index (κ1) is 24.2. The van der Waals surface area contributed by atoms with Gasteiger partial charge in [0.1, 0.15) is 17.5 Å². The van der Waals surface area contributed by atoms with Gasteiger partial charge in [-0.15, -0.1) is 0 Å². The van der Waals surface area contributed by atoms with E-state index in [0.29, 0.717) is 40.3 Å². The molecule has 1 aromatic carbocycles. The average molecular weight is 504 g/mol. The van der Waals surface area contributed by atoms with Crippen LogP contribution in [-0.2, 0) is 11.2 Å². The third kappa shape index (κ3) is 4.67. The summed E-state index contributed by atoms with van der Waals surface area (Å²) in [6.45, 7) is 1.64. The maximum atomic E-state index is 14.7. The van der Waals surface area contributed by atoms with E-state index in [9.17, 15) is 27.6 Å². The van der Waals surface area contributed by atoms with E-state index >= 15 is 0 Å². The van der Waals surface area contributed by atoms with Gasteiger partial charge in [0.05, 0.1) is 18.0 Å². The Balaban J connectivity index is 1.28. The van der Waals surface area contributed by atoms with Crippen LogP contribution in [0.5, 0.6) is 0 Å². The highest BCUT2D eigenvalue weighted by molar-refractivity contribution is 5.93. The zero-order valence-electron chi connectivity index (χ0n) is 19.5. The predicted molar refractivity (Wildman–Crippen MR) is 122 cm³/mol. The fourth-order valence-electron chi connectivity index (χ4n) is 5.13. The summed E-state index contributed by atoms with van der Waals surface area (Å²) in [6.07, 6.45) is 4.80. The molecule has 1 fully saturated rings. The van der Waals surface area contributed by atoms with Crippen molar-refractivity contribution in [2.24, 2.45) is 0 Å². The minimum atomic E-state index is -2.96. The zero-order valence-corrected chi connectivity index (χ0v) is 19.5. The fourth-order valence-corrected chi connectivity index (χ4v) is 5.13. The molecule has 1 amide bonds. The van der Waals surface area contributed by atoms with E-state index in [1.807, 2.05) is 0 Å². The number of nitrogens with one attached hydrogen (secondary N) is 1. The van der Waals surface area contributed by atoms with Crippen molar-refractivity contribution in [1.29, 1.82) is 0 Å². The molecule has 190 valence electrons. The molecule has 2 unspecified atom stereocenters. The second-order valence-electron chi connectivity index (χ2n) is 9.42. The molecule has 4 heterocycles. The summed E-state index contributed by atoms with van der Waals surface area (Å²) >= 11 is 0. The molecule has 7 nitrogen and oxygen atoms in total. The number of rotatable bonds is 5. The van der Waals surface area contributed by atoms with Crippen LogP contribution < -0.4 is 10.0 Å². The molecule has 5 rings (SSSR count). The Bertz CT molecular complexity index is 1260. The Morgan fingerprint density at radius 3 is 2.58 bits per heavy atom. The van der Waals surface area contributed by atoms with Crippen LogP contribution in [0, 0.1) is 16.8 Å². The van der Waals surface area contributed by atoms with E-state index in [1.165, 1.54) is 36.7 Å². The Labute approximate surface area is 204 Å². The summed E-state index contributed by atoms with van der Waals surface area (Å²) in [4.78, 5) is 19.1. The first-order valence-electron chi connectivity index (χ1n) is 11.8. The molecular formula is C25H25F4N5O2. The smallest absolute Gasteiger partial charge is 0.257 e. The van der Waals surface area contributed by atoms with Gasteiger partial charge in [-0.3, -0.25) is 9.69 Å². The summed E-state index contributed by atoms with van der Waals surface area (Å²) < 4.78 is 59.1. The van der Waals surface area contributed by atoms with Gasteiger partial charge < -0.3 is 15.1 Å². The van der Waals surface area contributed by atoms with Crippen LogP contribution in [0.2, 0.25) is 0 Å². The van der Waals surface area contributed by atoms with Gasteiger partial charge in [-0.25, -0.2) is 22.5 Å². The number of likely N-dealkylation sites (tertiary alicyclic amines) is 1. The Hall–Kier alpha value is -3.47. The van der Waals surface area contributed by atoms with Gasteiger partial charge in [-0.1, -0.05) is 0 Å². The van der Waals surface area contributed by atoms with Crippen molar-refractivity contribution >= 4 is 11.7 Å². The quantitative estimate of drug-likeness (QED) is 0.327. The minimum absolute atomic E-state index is 0.0410. The topological polar surface area (TPSA) is 77.1 Å².